The van der Waals surface area contributed by atoms with E-state index >= 15 is 0 Å². The molecule has 0 aliphatic heterocycles. The van der Waals surface area contributed by atoms with Gasteiger partial charge in [-0.25, -0.2) is 5.06 Å². The first-order chi connectivity index (χ1) is 10.3. The van der Waals surface area contributed by atoms with Gasteiger partial charge in [0.15, 0.2) is 0 Å². The molecule has 0 heterocycles. The number of hydroxylamine groups is 2. The zero-order valence-corrected chi connectivity index (χ0v) is 9.51. The van der Waals surface area contributed by atoms with Crippen molar-refractivity contribution in [1.82, 2.24) is 5.06 Å². The van der Waals surface area contributed by atoms with Crippen LogP contribution in [0, 0.1) is 5.41 Å². The molecule has 0 radical (unpaired) electrons. The van der Waals surface area contributed by atoms with Gasteiger partial charge in [-0.1, -0.05) is 51.0 Å². The third-order valence-corrected chi connectivity index (χ3v) is 2.37. The summed E-state index contributed by atoms with van der Waals surface area (Å²) in [5.41, 5.74) is -1.86. The summed E-state index contributed by atoms with van der Waals surface area (Å²) in [6.07, 6.45) is 0.319. The fourth-order valence-corrected chi connectivity index (χ4v) is 0.900. The van der Waals surface area contributed by atoms with Crippen LogP contribution in [0.25, 0.3) is 0 Å². The van der Waals surface area contributed by atoms with Crippen LogP contribution < -0.4 is 0 Å². The summed E-state index contributed by atoms with van der Waals surface area (Å²) in [7, 11) is 0. The van der Waals surface area contributed by atoms with Crippen LogP contribution >= 0.6 is 0 Å². The summed E-state index contributed by atoms with van der Waals surface area (Å²) in [5, 5.41) is 9.85. The number of nitrogens with zero attached hydrogens (tertiary/aromatic N) is 1. The summed E-state index contributed by atoms with van der Waals surface area (Å²) < 4.78 is 54.1. The van der Waals surface area contributed by atoms with Crippen molar-refractivity contribution in [3.05, 3.63) is 35.8 Å². The molecule has 0 aromatic heterocycles. The zero-order chi connectivity index (χ0) is 18.3. The molecule has 16 heavy (non-hydrogen) atoms. The second-order valence-corrected chi connectivity index (χ2v) is 3.97. The van der Waals surface area contributed by atoms with Crippen LogP contribution in [-0.2, 0) is 11.3 Å². The number of carbonyl (C=O) groups excluding carboxylic acids is 1. The first kappa shape index (κ1) is 5.82. The molecule has 0 spiro atoms. The SMILES string of the molecule is [2H]c1c([2H])c([2H])c(C([2H])([2H])N(O)C(=O)C(C)(C)CC)c([2H])c1[2H]. The lowest BCUT2D eigenvalue weighted by Gasteiger charge is -2.26. The van der Waals surface area contributed by atoms with Gasteiger partial charge in [0.2, 0.25) is 0 Å². The highest BCUT2D eigenvalue weighted by atomic mass is 16.5. The van der Waals surface area contributed by atoms with Gasteiger partial charge in [-0.2, -0.15) is 0 Å². The quantitative estimate of drug-likeness (QED) is 0.636. The van der Waals surface area contributed by atoms with Crippen molar-refractivity contribution in [2.45, 2.75) is 33.7 Å². The van der Waals surface area contributed by atoms with Crippen LogP contribution in [0.1, 0.15) is 42.4 Å². The van der Waals surface area contributed by atoms with Crippen molar-refractivity contribution in [2.24, 2.45) is 5.41 Å². The summed E-state index contributed by atoms with van der Waals surface area (Å²) in [4.78, 5) is 12.3. The van der Waals surface area contributed by atoms with Crippen LogP contribution in [0.15, 0.2) is 30.2 Å². The summed E-state index contributed by atoms with van der Waals surface area (Å²) in [6, 6.07) is -3.76. The first-order valence-electron chi connectivity index (χ1n) is 8.41. The molecule has 0 aliphatic rings. The van der Waals surface area contributed by atoms with Gasteiger partial charge in [-0.15, -0.1) is 0 Å². The Balaban J connectivity index is 3.54. The molecule has 1 rings (SSSR count). The fourth-order valence-electron chi connectivity index (χ4n) is 0.900. The molecule has 0 unspecified atom stereocenters. The van der Waals surface area contributed by atoms with Gasteiger partial charge in [-0.3, -0.25) is 10.0 Å². The van der Waals surface area contributed by atoms with Crippen LogP contribution in [0.4, 0.5) is 0 Å². The van der Waals surface area contributed by atoms with Gasteiger partial charge in [0, 0.05) is 5.41 Å². The lowest BCUT2D eigenvalue weighted by Crippen LogP contribution is -2.38. The van der Waals surface area contributed by atoms with Crippen molar-refractivity contribution >= 4 is 5.91 Å². The molecule has 3 nitrogen and oxygen atoms in total. The molecular formula is C13H19NO2. The van der Waals surface area contributed by atoms with Gasteiger partial charge >= 0.3 is 0 Å². The largest absolute Gasteiger partial charge is 0.286 e. The Labute approximate surface area is 106 Å². The number of hydrogen-bond acceptors (Lipinski definition) is 2. The molecular weight excluding hydrogens is 202 g/mol. The molecule has 3 heteroatoms. The molecule has 1 aromatic carbocycles. The highest BCUT2D eigenvalue weighted by molar-refractivity contribution is 5.80. The van der Waals surface area contributed by atoms with E-state index in [-0.39, 0.29) is 5.06 Å². The normalized spacial score (nSPS) is 18.4. The average molecular weight is 228 g/mol. The fraction of sp³-hybridized carbons (Fsp3) is 0.462. The van der Waals surface area contributed by atoms with E-state index in [0.717, 1.165) is 0 Å². The lowest BCUT2D eigenvalue weighted by molar-refractivity contribution is -0.178. The number of rotatable bonds is 4. The van der Waals surface area contributed by atoms with E-state index in [2.05, 4.69) is 0 Å². The molecule has 0 saturated heterocycles. The molecule has 0 atom stereocenters. The van der Waals surface area contributed by atoms with Gasteiger partial charge in [0.1, 0.15) is 0 Å². The Kier molecular flexibility index (Phi) is 1.86. The van der Waals surface area contributed by atoms with Crippen molar-refractivity contribution in [3.63, 3.8) is 0 Å². The van der Waals surface area contributed by atoms with Crippen LogP contribution in [0.5, 0.6) is 0 Å². The van der Waals surface area contributed by atoms with E-state index in [1.807, 2.05) is 0 Å². The van der Waals surface area contributed by atoms with Crippen LogP contribution in [0.3, 0.4) is 0 Å². The summed E-state index contributed by atoms with van der Waals surface area (Å²) in [5.74, 6) is -0.947. The first-order valence-corrected chi connectivity index (χ1v) is 4.91. The molecule has 88 valence electrons. The second kappa shape index (κ2) is 5.12. The number of hydrogen-bond donors (Lipinski definition) is 1. The Hall–Kier alpha value is -1.35. The minimum atomic E-state index is -2.98. The molecule has 0 bridgehead atoms. The van der Waals surface area contributed by atoms with Gasteiger partial charge < -0.3 is 0 Å². The van der Waals surface area contributed by atoms with Gasteiger partial charge in [-0.05, 0) is 12.0 Å². The molecule has 1 N–H and O–H groups in total. The smallest absolute Gasteiger partial charge is 0.251 e. The highest BCUT2D eigenvalue weighted by Crippen LogP contribution is 2.23. The van der Waals surface area contributed by atoms with E-state index < -0.39 is 53.6 Å². The minimum absolute atomic E-state index is 0.190. The predicted octanol–water partition coefficient (Wildman–Crippen LogP) is 2.84. The third kappa shape index (κ3) is 3.07. The van der Waals surface area contributed by atoms with Crippen LogP contribution in [-0.4, -0.2) is 16.2 Å². The van der Waals surface area contributed by atoms with Crippen molar-refractivity contribution in [1.29, 1.82) is 0 Å². The number of carbonyl (C=O) groups is 1. The van der Waals surface area contributed by atoms with E-state index in [9.17, 15) is 10.0 Å². The topological polar surface area (TPSA) is 40.5 Å². The standard InChI is InChI=1S/C13H19NO2/c1-4-13(2,3)12(15)14(16)10-11-8-6-5-7-9-11/h5-9,16H,4,10H2,1-3H3/i5D,6D,7D,8D,9D,10D2. The third-order valence-electron chi connectivity index (χ3n) is 2.37. The van der Waals surface area contributed by atoms with Gasteiger partial charge in [0.05, 0.1) is 16.1 Å². The van der Waals surface area contributed by atoms with Crippen molar-refractivity contribution in [2.75, 3.05) is 0 Å². The monoisotopic (exact) mass is 228 g/mol. The van der Waals surface area contributed by atoms with E-state index in [0.29, 0.717) is 6.42 Å². The van der Waals surface area contributed by atoms with Gasteiger partial charge in [0.25, 0.3) is 5.91 Å². The molecule has 0 aliphatic carbocycles. The van der Waals surface area contributed by atoms with Crippen molar-refractivity contribution in [3.8, 4) is 0 Å². The molecule has 0 saturated carbocycles. The van der Waals surface area contributed by atoms with E-state index in [1.54, 1.807) is 6.92 Å². The van der Waals surface area contributed by atoms with Crippen LogP contribution in [0.2, 0.25) is 0 Å². The molecule has 1 aromatic rings. The maximum Gasteiger partial charge on any atom is 0.251 e. The Morgan fingerprint density at radius 3 is 2.56 bits per heavy atom. The number of amides is 1. The Bertz CT molecular complexity index is 617. The van der Waals surface area contributed by atoms with E-state index in [4.69, 9.17) is 9.60 Å². The lowest BCUT2D eigenvalue weighted by atomic mass is 9.89. The Morgan fingerprint density at radius 1 is 1.50 bits per heavy atom. The maximum atomic E-state index is 12.3. The highest BCUT2D eigenvalue weighted by Gasteiger charge is 2.29. The molecule has 0 fully saturated rings. The summed E-state index contributed by atoms with van der Waals surface area (Å²) >= 11 is 0. The van der Waals surface area contributed by atoms with Crippen molar-refractivity contribution < 1.29 is 19.6 Å². The molecule has 1 amide bonds. The average Bonchev–Trinajstić information content (AvgIpc) is 2.49. The minimum Gasteiger partial charge on any atom is -0.286 e. The second-order valence-electron chi connectivity index (χ2n) is 3.97. The zero-order valence-electron chi connectivity index (χ0n) is 16.5. The number of benzene rings is 1. The Morgan fingerprint density at radius 2 is 2.06 bits per heavy atom. The van der Waals surface area contributed by atoms with E-state index in [1.165, 1.54) is 13.8 Å². The predicted molar refractivity (Wildman–Crippen MR) is 62.9 cm³/mol. The maximum absolute atomic E-state index is 12.3. The summed E-state index contributed by atoms with van der Waals surface area (Å²) in [6.45, 7) is 1.73.